The van der Waals surface area contributed by atoms with Gasteiger partial charge in [0.15, 0.2) is 0 Å². The Bertz CT molecular complexity index is 1120. The lowest BCUT2D eigenvalue weighted by Crippen LogP contribution is -2.49. The molecule has 1 fully saturated rings. The van der Waals surface area contributed by atoms with E-state index in [9.17, 15) is 8.42 Å². The molecule has 0 amide bonds. The van der Waals surface area contributed by atoms with Crippen molar-refractivity contribution in [3.05, 3.63) is 48.4 Å². The van der Waals surface area contributed by atoms with Gasteiger partial charge in [0.1, 0.15) is 22.4 Å². The predicted octanol–water partition coefficient (Wildman–Crippen LogP) is 2.28. The van der Waals surface area contributed by atoms with Gasteiger partial charge in [0.2, 0.25) is 10.0 Å². The number of anilines is 2. The van der Waals surface area contributed by atoms with Crippen molar-refractivity contribution < 1.29 is 8.42 Å². The van der Waals surface area contributed by atoms with Crippen LogP contribution in [0.5, 0.6) is 0 Å². The average molecular weight is 413 g/mol. The van der Waals surface area contributed by atoms with Gasteiger partial charge in [-0.3, -0.25) is 4.98 Å². The highest BCUT2D eigenvalue weighted by molar-refractivity contribution is 7.89. The summed E-state index contributed by atoms with van der Waals surface area (Å²) in [7, 11) is -3.62. The number of aromatic nitrogens is 3. The first-order valence-electron chi connectivity index (χ1n) is 9.67. The number of pyridine rings is 1. The Hall–Kier alpha value is -2.78. The Morgan fingerprint density at radius 1 is 1.07 bits per heavy atom. The molecule has 3 heterocycles. The van der Waals surface area contributed by atoms with Gasteiger partial charge in [-0.05, 0) is 26.0 Å². The number of hydrogen-bond acceptors (Lipinski definition) is 7. The molecule has 0 saturated carbocycles. The Labute approximate surface area is 170 Å². The number of para-hydroxylation sites is 1. The lowest BCUT2D eigenvalue weighted by atomic mass is 10.2. The molecule has 0 aliphatic carbocycles. The summed E-state index contributed by atoms with van der Waals surface area (Å²) in [6.07, 6.45) is 1.62. The molecule has 0 unspecified atom stereocenters. The molecule has 8 nitrogen and oxygen atoms in total. The number of nitrogens with zero attached hydrogens (tertiary/aromatic N) is 5. The van der Waals surface area contributed by atoms with E-state index < -0.39 is 10.0 Å². The summed E-state index contributed by atoms with van der Waals surface area (Å²) in [6.45, 7) is 6.58. The summed E-state index contributed by atoms with van der Waals surface area (Å²) >= 11 is 0. The number of nitrogens with one attached hydrogen (secondary N) is 1. The standard InChI is InChI=1S/C20H24N6O2S/c1-3-21-18-14-19(24-15(2)23-18)25-10-12-26(13-11-25)29(27,28)17-8-4-6-16-7-5-9-22-20(16)17/h4-9,14H,3,10-13H2,1-2H3,(H,21,23,24). The second-order valence-electron chi connectivity index (χ2n) is 6.91. The van der Waals surface area contributed by atoms with Crippen molar-refractivity contribution in [2.75, 3.05) is 42.9 Å². The largest absolute Gasteiger partial charge is 0.370 e. The summed E-state index contributed by atoms with van der Waals surface area (Å²) in [6, 6.07) is 10.9. The lowest BCUT2D eigenvalue weighted by molar-refractivity contribution is 0.384. The van der Waals surface area contributed by atoms with Crippen molar-refractivity contribution in [3.63, 3.8) is 0 Å². The Morgan fingerprint density at radius 2 is 1.83 bits per heavy atom. The molecule has 29 heavy (non-hydrogen) atoms. The van der Waals surface area contributed by atoms with Gasteiger partial charge < -0.3 is 10.2 Å². The van der Waals surface area contributed by atoms with Gasteiger partial charge in [0.05, 0.1) is 5.52 Å². The van der Waals surface area contributed by atoms with Crippen LogP contribution in [0.1, 0.15) is 12.7 Å². The van der Waals surface area contributed by atoms with Crippen LogP contribution in [-0.4, -0.2) is 60.4 Å². The Balaban J connectivity index is 1.55. The minimum Gasteiger partial charge on any atom is -0.370 e. The predicted molar refractivity (Wildman–Crippen MR) is 114 cm³/mol. The van der Waals surface area contributed by atoms with Crippen LogP contribution >= 0.6 is 0 Å². The second kappa shape index (κ2) is 7.92. The number of piperazine rings is 1. The number of fused-ring (bicyclic) bond motifs is 1. The third-order valence-electron chi connectivity index (χ3n) is 4.96. The third-order valence-corrected chi connectivity index (χ3v) is 6.89. The molecule has 9 heteroatoms. The normalized spacial score (nSPS) is 15.6. The maximum Gasteiger partial charge on any atom is 0.245 e. The molecular formula is C20H24N6O2S. The smallest absolute Gasteiger partial charge is 0.245 e. The van der Waals surface area contributed by atoms with Crippen LogP contribution < -0.4 is 10.2 Å². The Kier molecular flexibility index (Phi) is 5.33. The summed E-state index contributed by atoms with van der Waals surface area (Å²) in [5.74, 6) is 2.29. The monoisotopic (exact) mass is 412 g/mol. The molecule has 2 aromatic heterocycles. The molecular weight excluding hydrogens is 388 g/mol. The first-order chi connectivity index (χ1) is 14.0. The number of benzene rings is 1. The van der Waals surface area contributed by atoms with Crippen LogP contribution in [0.15, 0.2) is 47.5 Å². The molecule has 1 saturated heterocycles. The minimum absolute atomic E-state index is 0.261. The van der Waals surface area contributed by atoms with Crippen molar-refractivity contribution in [3.8, 4) is 0 Å². The van der Waals surface area contributed by atoms with Gasteiger partial charge >= 0.3 is 0 Å². The molecule has 1 aliphatic rings. The molecule has 152 valence electrons. The second-order valence-corrected chi connectivity index (χ2v) is 8.82. The average Bonchev–Trinajstić information content (AvgIpc) is 2.73. The molecule has 0 spiro atoms. The van der Waals surface area contributed by atoms with Crippen molar-refractivity contribution in [2.45, 2.75) is 18.7 Å². The van der Waals surface area contributed by atoms with Crippen molar-refractivity contribution in [1.82, 2.24) is 19.3 Å². The first-order valence-corrected chi connectivity index (χ1v) is 11.1. The number of aryl methyl sites for hydroxylation is 1. The van der Waals surface area contributed by atoms with E-state index in [-0.39, 0.29) is 4.90 Å². The van der Waals surface area contributed by atoms with Crippen molar-refractivity contribution in [2.24, 2.45) is 0 Å². The highest BCUT2D eigenvalue weighted by atomic mass is 32.2. The quantitative estimate of drug-likeness (QED) is 0.687. The maximum atomic E-state index is 13.3. The summed E-state index contributed by atoms with van der Waals surface area (Å²) in [4.78, 5) is 15.6. The number of hydrogen-bond donors (Lipinski definition) is 1. The van der Waals surface area contributed by atoms with E-state index in [0.717, 1.165) is 23.6 Å². The van der Waals surface area contributed by atoms with E-state index in [2.05, 4.69) is 25.2 Å². The molecule has 1 aliphatic heterocycles. The summed E-state index contributed by atoms with van der Waals surface area (Å²) in [5.41, 5.74) is 0.513. The van der Waals surface area contributed by atoms with Crippen LogP contribution in [-0.2, 0) is 10.0 Å². The number of sulfonamides is 1. The molecule has 4 rings (SSSR count). The zero-order valence-electron chi connectivity index (χ0n) is 16.5. The van der Waals surface area contributed by atoms with Gasteiger partial charge in [-0.1, -0.05) is 18.2 Å². The lowest BCUT2D eigenvalue weighted by Gasteiger charge is -2.35. The molecule has 1 aromatic carbocycles. The molecule has 1 N–H and O–H groups in total. The van der Waals surface area contributed by atoms with E-state index in [1.54, 1.807) is 18.3 Å². The van der Waals surface area contributed by atoms with Crippen LogP contribution in [0.4, 0.5) is 11.6 Å². The van der Waals surface area contributed by atoms with Gasteiger partial charge in [0.25, 0.3) is 0 Å². The minimum atomic E-state index is -3.62. The third kappa shape index (κ3) is 3.88. The number of rotatable bonds is 5. The zero-order valence-corrected chi connectivity index (χ0v) is 17.4. The van der Waals surface area contributed by atoms with Crippen molar-refractivity contribution in [1.29, 1.82) is 0 Å². The van der Waals surface area contributed by atoms with Crippen LogP contribution in [0, 0.1) is 6.92 Å². The molecule has 0 bridgehead atoms. The topological polar surface area (TPSA) is 91.3 Å². The van der Waals surface area contributed by atoms with E-state index in [1.165, 1.54) is 4.31 Å². The molecule has 0 radical (unpaired) electrons. The van der Waals surface area contributed by atoms with Gasteiger partial charge in [-0.2, -0.15) is 4.31 Å². The summed E-state index contributed by atoms with van der Waals surface area (Å²) in [5, 5.41) is 4.03. The fraction of sp³-hybridized carbons (Fsp3) is 0.350. The van der Waals surface area contributed by atoms with E-state index in [4.69, 9.17) is 0 Å². The highest BCUT2D eigenvalue weighted by Crippen LogP contribution is 2.26. The zero-order chi connectivity index (χ0) is 20.4. The van der Waals surface area contributed by atoms with Gasteiger partial charge in [0, 0.05) is 50.4 Å². The fourth-order valence-electron chi connectivity index (χ4n) is 3.57. The van der Waals surface area contributed by atoms with E-state index in [0.29, 0.717) is 37.5 Å². The first kappa shape index (κ1) is 19.5. The van der Waals surface area contributed by atoms with Gasteiger partial charge in [-0.25, -0.2) is 18.4 Å². The maximum absolute atomic E-state index is 13.3. The van der Waals surface area contributed by atoms with Crippen molar-refractivity contribution >= 4 is 32.6 Å². The highest BCUT2D eigenvalue weighted by Gasteiger charge is 2.30. The molecule has 0 atom stereocenters. The van der Waals surface area contributed by atoms with Gasteiger partial charge in [-0.15, -0.1) is 0 Å². The van der Waals surface area contributed by atoms with Crippen LogP contribution in [0.25, 0.3) is 10.9 Å². The van der Waals surface area contributed by atoms with E-state index >= 15 is 0 Å². The fourth-order valence-corrected chi connectivity index (χ4v) is 5.15. The van der Waals surface area contributed by atoms with E-state index in [1.807, 2.05) is 38.1 Å². The Morgan fingerprint density at radius 3 is 2.59 bits per heavy atom. The molecule has 3 aromatic rings. The SMILES string of the molecule is CCNc1cc(N2CCN(S(=O)(=O)c3cccc4cccnc34)CC2)nc(C)n1. The summed E-state index contributed by atoms with van der Waals surface area (Å²) < 4.78 is 28.1. The van der Waals surface area contributed by atoms with Crippen LogP contribution in [0.3, 0.4) is 0 Å². The van der Waals surface area contributed by atoms with Crippen LogP contribution in [0.2, 0.25) is 0 Å².